The average Bonchev–Trinajstić information content (AvgIpc) is 3.49. The van der Waals surface area contributed by atoms with Crippen LogP contribution >= 0.6 is 11.6 Å². The molecule has 0 unspecified atom stereocenters. The molecule has 43 heavy (non-hydrogen) atoms. The first kappa shape index (κ1) is 32.4. The molecule has 0 bridgehead atoms. The molecule has 1 aliphatic carbocycles. The van der Waals surface area contributed by atoms with Gasteiger partial charge in [-0.2, -0.15) is 0 Å². The summed E-state index contributed by atoms with van der Waals surface area (Å²) in [6.45, 7) is 5.04. The molecule has 230 valence electrons. The molecule has 3 aromatic carbocycles. The van der Waals surface area contributed by atoms with Crippen molar-refractivity contribution in [3.8, 4) is 5.75 Å². The van der Waals surface area contributed by atoms with Gasteiger partial charge in [-0.15, -0.1) is 0 Å². The average molecular weight is 626 g/mol. The number of nitrogens with zero attached hydrogens (tertiary/aromatic N) is 2. The maximum absolute atomic E-state index is 14.4. The number of hydrogen-bond acceptors (Lipinski definition) is 5. The molecule has 4 rings (SSSR count). The maximum Gasteiger partial charge on any atom is 0.264 e. The van der Waals surface area contributed by atoms with Gasteiger partial charge in [-0.05, 0) is 74.6 Å². The topological polar surface area (TPSA) is 96.0 Å². The first-order valence-electron chi connectivity index (χ1n) is 14.6. The lowest BCUT2D eigenvalue weighted by atomic mass is 10.1. The van der Waals surface area contributed by atoms with Gasteiger partial charge in [-0.25, -0.2) is 8.42 Å². The zero-order valence-electron chi connectivity index (χ0n) is 25.2. The van der Waals surface area contributed by atoms with Crippen molar-refractivity contribution < 1.29 is 22.7 Å². The summed E-state index contributed by atoms with van der Waals surface area (Å²) in [7, 11) is -2.77. The molecule has 1 saturated carbocycles. The Morgan fingerprint density at radius 2 is 1.65 bits per heavy atom. The lowest BCUT2D eigenvalue weighted by Crippen LogP contribution is -2.53. The van der Waals surface area contributed by atoms with Crippen LogP contribution in [0.15, 0.2) is 71.6 Å². The predicted molar refractivity (Wildman–Crippen MR) is 170 cm³/mol. The van der Waals surface area contributed by atoms with Crippen LogP contribution < -0.4 is 14.4 Å². The first-order chi connectivity index (χ1) is 20.5. The fourth-order valence-electron chi connectivity index (χ4n) is 5.44. The Balaban J connectivity index is 1.77. The lowest BCUT2D eigenvalue weighted by Gasteiger charge is -2.34. The van der Waals surface area contributed by atoms with E-state index in [9.17, 15) is 18.0 Å². The minimum absolute atomic E-state index is 0.0399. The number of methoxy groups -OCH3 is 1. The molecule has 1 fully saturated rings. The van der Waals surface area contributed by atoms with E-state index in [1.165, 1.54) is 24.1 Å². The van der Waals surface area contributed by atoms with Crippen molar-refractivity contribution in [2.75, 3.05) is 18.0 Å². The lowest BCUT2D eigenvalue weighted by molar-refractivity contribution is -0.140. The number of ether oxygens (including phenoxy) is 1. The van der Waals surface area contributed by atoms with Crippen LogP contribution in [0.3, 0.4) is 0 Å². The van der Waals surface area contributed by atoms with Gasteiger partial charge < -0.3 is 15.0 Å². The number of carbonyl (C=O) groups is 2. The van der Waals surface area contributed by atoms with Gasteiger partial charge in [0.15, 0.2) is 0 Å². The normalized spacial score (nSPS) is 14.3. The summed E-state index contributed by atoms with van der Waals surface area (Å²) in [5, 5.41) is 3.57. The number of rotatable bonds is 12. The SMILES string of the molecule is CC[C@H](C(=O)NC1CCCC1)N(Cc1ccccc1Cl)C(=O)CN(c1cc(C)ccc1OC)S(=O)(=O)c1ccc(C)cc1. The van der Waals surface area contributed by atoms with E-state index in [0.29, 0.717) is 22.8 Å². The molecule has 1 aliphatic rings. The van der Waals surface area contributed by atoms with Crippen LogP contribution in [0.2, 0.25) is 5.02 Å². The Kier molecular flexibility index (Phi) is 10.7. The van der Waals surface area contributed by atoms with E-state index < -0.39 is 28.5 Å². The van der Waals surface area contributed by atoms with Gasteiger partial charge in [0.25, 0.3) is 10.0 Å². The second-order valence-corrected chi connectivity index (χ2v) is 13.3. The van der Waals surface area contributed by atoms with Gasteiger partial charge in [0.1, 0.15) is 18.3 Å². The number of aryl methyl sites for hydroxylation is 2. The molecule has 1 atom stereocenters. The molecule has 0 radical (unpaired) electrons. The quantitative estimate of drug-likeness (QED) is 0.265. The maximum atomic E-state index is 14.4. The summed E-state index contributed by atoms with van der Waals surface area (Å²) in [6, 6.07) is 18.0. The van der Waals surface area contributed by atoms with Gasteiger partial charge in [-0.1, -0.05) is 73.3 Å². The Bertz CT molecular complexity index is 1540. The van der Waals surface area contributed by atoms with E-state index in [2.05, 4.69) is 5.32 Å². The zero-order valence-corrected chi connectivity index (χ0v) is 26.7. The van der Waals surface area contributed by atoms with Crippen molar-refractivity contribution >= 4 is 39.1 Å². The van der Waals surface area contributed by atoms with Crippen LogP contribution in [0.1, 0.15) is 55.7 Å². The van der Waals surface area contributed by atoms with E-state index >= 15 is 0 Å². The number of sulfonamides is 1. The van der Waals surface area contributed by atoms with E-state index in [-0.39, 0.29) is 29.1 Å². The van der Waals surface area contributed by atoms with Crippen molar-refractivity contribution in [1.82, 2.24) is 10.2 Å². The van der Waals surface area contributed by atoms with Crippen molar-refractivity contribution in [3.63, 3.8) is 0 Å². The fraction of sp³-hybridized carbons (Fsp3) is 0.394. The second-order valence-electron chi connectivity index (χ2n) is 11.0. The van der Waals surface area contributed by atoms with Gasteiger partial charge in [-0.3, -0.25) is 13.9 Å². The number of benzene rings is 3. The predicted octanol–water partition coefficient (Wildman–Crippen LogP) is 6.03. The summed E-state index contributed by atoms with van der Waals surface area (Å²) in [5.74, 6) is -0.485. The Morgan fingerprint density at radius 1 is 1.00 bits per heavy atom. The van der Waals surface area contributed by atoms with Crippen LogP contribution in [-0.4, -0.2) is 50.9 Å². The highest BCUT2D eigenvalue weighted by molar-refractivity contribution is 7.92. The highest BCUT2D eigenvalue weighted by atomic mass is 35.5. The Hall–Kier alpha value is -3.56. The summed E-state index contributed by atoms with van der Waals surface area (Å²) >= 11 is 6.50. The highest BCUT2D eigenvalue weighted by Crippen LogP contribution is 2.34. The van der Waals surface area contributed by atoms with Crippen molar-refractivity contribution in [3.05, 3.63) is 88.4 Å². The number of hydrogen-bond donors (Lipinski definition) is 1. The standard InChI is InChI=1S/C33H40ClN3O5S/c1-5-29(33(39)35-26-11-7-8-12-26)36(21-25-10-6-9-13-28(25)34)32(38)22-37(30-20-24(3)16-19-31(30)42-4)43(40,41)27-17-14-23(2)15-18-27/h6,9-10,13-20,26,29H,5,7-8,11-12,21-22H2,1-4H3,(H,35,39)/t29-/m1/s1. The van der Waals surface area contributed by atoms with Gasteiger partial charge in [0, 0.05) is 17.6 Å². The van der Waals surface area contributed by atoms with Gasteiger partial charge >= 0.3 is 0 Å². The zero-order chi connectivity index (χ0) is 31.1. The number of anilines is 1. The van der Waals surface area contributed by atoms with Gasteiger partial charge in [0.2, 0.25) is 11.8 Å². The number of amides is 2. The van der Waals surface area contributed by atoms with Crippen LogP contribution in [-0.2, 0) is 26.2 Å². The second kappa shape index (κ2) is 14.3. The van der Waals surface area contributed by atoms with E-state index in [4.69, 9.17) is 16.3 Å². The summed E-state index contributed by atoms with van der Waals surface area (Å²) in [4.78, 5) is 29.5. The molecule has 10 heteroatoms. The molecular formula is C33H40ClN3O5S. The molecule has 3 aromatic rings. The summed E-state index contributed by atoms with van der Waals surface area (Å²) < 4.78 is 35.0. The summed E-state index contributed by atoms with van der Waals surface area (Å²) in [5.41, 5.74) is 2.59. The summed E-state index contributed by atoms with van der Waals surface area (Å²) in [6.07, 6.45) is 4.24. The Morgan fingerprint density at radius 3 is 2.28 bits per heavy atom. The van der Waals surface area contributed by atoms with E-state index in [0.717, 1.165) is 41.1 Å². The Labute approximate surface area is 260 Å². The van der Waals surface area contributed by atoms with Crippen LogP contribution in [0, 0.1) is 13.8 Å². The number of halogens is 1. The first-order valence-corrected chi connectivity index (χ1v) is 16.4. The molecule has 2 amide bonds. The van der Waals surface area contributed by atoms with Crippen LogP contribution in [0.4, 0.5) is 5.69 Å². The third-order valence-corrected chi connectivity index (χ3v) is 10.0. The molecule has 0 aromatic heterocycles. The molecule has 8 nitrogen and oxygen atoms in total. The fourth-order valence-corrected chi connectivity index (χ4v) is 7.05. The molecule has 0 heterocycles. The molecular weight excluding hydrogens is 586 g/mol. The van der Waals surface area contributed by atoms with Crippen molar-refractivity contribution in [1.29, 1.82) is 0 Å². The highest BCUT2D eigenvalue weighted by Gasteiger charge is 2.35. The van der Waals surface area contributed by atoms with Crippen molar-refractivity contribution in [2.24, 2.45) is 0 Å². The van der Waals surface area contributed by atoms with Gasteiger partial charge in [0.05, 0.1) is 17.7 Å². The van der Waals surface area contributed by atoms with E-state index in [1.54, 1.807) is 42.5 Å². The smallest absolute Gasteiger partial charge is 0.264 e. The van der Waals surface area contributed by atoms with Crippen LogP contribution in [0.5, 0.6) is 5.75 Å². The third kappa shape index (κ3) is 7.70. The number of nitrogens with one attached hydrogen (secondary N) is 1. The van der Waals surface area contributed by atoms with E-state index in [1.807, 2.05) is 32.9 Å². The largest absolute Gasteiger partial charge is 0.495 e. The molecule has 0 aliphatic heterocycles. The molecule has 1 N–H and O–H groups in total. The number of carbonyl (C=O) groups excluding carboxylic acids is 2. The third-order valence-electron chi connectivity index (χ3n) is 7.88. The monoisotopic (exact) mass is 625 g/mol. The minimum atomic E-state index is -4.22. The molecule has 0 saturated heterocycles. The minimum Gasteiger partial charge on any atom is -0.495 e. The molecule has 0 spiro atoms. The van der Waals surface area contributed by atoms with Crippen LogP contribution in [0.25, 0.3) is 0 Å². The van der Waals surface area contributed by atoms with Crippen molar-refractivity contribution in [2.45, 2.75) is 76.4 Å².